The molecule has 0 bridgehead atoms. The number of benzene rings is 1. The fourth-order valence-electron chi connectivity index (χ4n) is 2.88. The maximum Gasteiger partial charge on any atom is 0.317 e. The van der Waals surface area contributed by atoms with Crippen molar-refractivity contribution >= 4 is 27.8 Å². The highest BCUT2D eigenvalue weighted by atomic mass is 79.9. The van der Waals surface area contributed by atoms with Crippen molar-refractivity contribution in [3.8, 4) is 0 Å². The topological polar surface area (TPSA) is 60.9 Å². The summed E-state index contributed by atoms with van der Waals surface area (Å²) in [5.41, 5.74) is 0.336. The molecule has 1 saturated heterocycles. The van der Waals surface area contributed by atoms with Gasteiger partial charge in [-0.25, -0.2) is 4.39 Å². The van der Waals surface area contributed by atoms with Crippen LogP contribution in [0.4, 0.5) is 4.39 Å². The first-order valence-electron chi connectivity index (χ1n) is 7.55. The van der Waals surface area contributed by atoms with Gasteiger partial charge in [0.25, 0.3) is 5.91 Å². The maximum absolute atomic E-state index is 13.6. The van der Waals surface area contributed by atoms with E-state index in [2.05, 4.69) is 15.9 Å². The molecule has 5 nitrogen and oxygen atoms in total. The molecule has 0 radical (unpaired) electrons. The number of carboxylic acid groups (broad SMARTS) is 1. The van der Waals surface area contributed by atoms with Crippen LogP contribution in [0, 0.1) is 5.82 Å². The predicted octanol–water partition coefficient (Wildman–Crippen LogP) is 2.60. The Morgan fingerprint density at radius 1 is 1.39 bits per heavy atom. The SMILES string of the molecule is CN(CC(=O)O)[C@H]1CCCN(C(=O)c2ccc(Br)c(F)c2)CC1. The van der Waals surface area contributed by atoms with E-state index in [0.29, 0.717) is 29.5 Å². The summed E-state index contributed by atoms with van der Waals surface area (Å²) in [5, 5.41) is 8.88. The molecule has 1 heterocycles. The van der Waals surface area contributed by atoms with Crippen molar-refractivity contribution in [2.24, 2.45) is 0 Å². The van der Waals surface area contributed by atoms with E-state index in [1.165, 1.54) is 12.1 Å². The van der Waals surface area contributed by atoms with Crippen molar-refractivity contribution in [1.29, 1.82) is 0 Å². The molecule has 1 fully saturated rings. The number of likely N-dealkylation sites (tertiary alicyclic amines) is 1. The number of nitrogens with zero attached hydrogens (tertiary/aromatic N) is 2. The van der Waals surface area contributed by atoms with Crippen LogP contribution in [-0.4, -0.2) is 59.5 Å². The van der Waals surface area contributed by atoms with Gasteiger partial charge in [0.15, 0.2) is 0 Å². The summed E-state index contributed by atoms with van der Waals surface area (Å²) in [4.78, 5) is 26.9. The second-order valence-electron chi connectivity index (χ2n) is 5.81. The van der Waals surface area contributed by atoms with Gasteiger partial charge in [-0.05, 0) is 60.4 Å². The zero-order valence-electron chi connectivity index (χ0n) is 13.0. The van der Waals surface area contributed by atoms with Gasteiger partial charge in [-0.15, -0.1) is 0 Å². The number of likely N-dealkylation sites (N-methyl/N-ethyl adjacent to an activating group) is 1. The molecule has 126 valence electrons. The minimum absolute atomic E-state index is 0.00344. The van der Waals surface area contributed by atoms with E-state index in [-0.39, 0.29) is 18.5 Å². The van der Waals surface area contributed by atoms with Crippen molar-refractivity contribution in [1.82, 2.24) is 9.80 Å². The van der Waals surface area contributed by atoms with Crippen LogP contribution in [-0.2, 0) is 4.79 Å². The molecule has 1 aromatic rings. The number of halogens is 2. The Morgan fingerprint density at radius 2 is 2.13 bits per heavy atom. The smallest absolute Gasteiger partial charge is 0.317 e. The van der Waals surface area contributed by atoms with Gasteiger partial charge in [0, 0.05) is 24.7 Å². The van der Waals surface area contributed by atoms with Gasteiger partial charge >= 0.3 is 5.97 Å². The third-order valence-corrected chi connectivity index (χ3v) is 4.80. The lowest BCUT2D eigenvalue weighted by Crippen LogP contribution is -2.37. The van der Waals surface area contributed by atoms with Crippen molar-refractivity contribution < 1.29 is 19.1 Å². The van der Waals surface area contributed by atoms with Gasteiger partial charge in [0.05, 0.1) is 11.0 Å². The largest absolute Gasteiger partial charge is 0.480 e. The Hall–Kier alpha value is -1.47. The number of carboxylic acids is 1. The highest BCUT2D eigenvalue weighted by molar-refractivity contribution is 9.10. The summed E-state index contributed by atoms with van der Waals surface area (Å²) in [7, 11) is 1.79. The average Bonchev–Trinajstić information content (AvgIpc) is 2.74. The second kappa shape index (κ2) is 7.88. The lowest BCUT2D eigenvalue weighted by atomic mass is 10.1. The molecule has 1 aliphatic heterocycles. The van der Waals surface area contributed by atoms with Crippen LogP contribution in [0.1, 0.15) is 29.6 Å². The summed E-state index contributed by atoms with van der Waals surface area (Å²) in [6, 6.07) is 4.52. The van der Waals surface area contributed by atoms with Gasteiger partial charge in [-0.3, -0.25) is 14.5 Å². The van der Waals surface area contributed by atoms with Gasteiger partial charge < -0.3 is 10.0 Å². The molecule has 1 N–H and O–H groups in total. The quantitative estimate of drug-likeness (QED) is 0.863. The molecular weight excluding hydrogens is 367 g/mol. The number of hydrogen-bond acceptors (Lipinski definition) is 3. The van der Waals surface area contributed by atoms with Gasteiger partial charge in [0.2, 0.25) is 0 Å². The molecular formula is C16H20BrFN2O3. The molecule has 1 aromatic carbocycles. The lowest BCUT2D eigenvalue weighted by Gasteiger charge is -2.25. The number of hydrogen-bond donors (Lipinski definition) is 1. The zero-order valence-corrected chi connectivity index (χ0v) is 14.6. The van der Waals surface area contributed by atoms with Crippen molar-refractivity contribution in [3.63, 3.8) is 0 Å². The highest BCUT2D eigenvalue weighted by Gasteiger charge is 2.24. The number of carbonyl (C=O) groups excluding carboxylic acids is 1. The molecule has 0 spiro atoms. The Bertz CT molecular complexity index is 597. The van der Waals surface area contributed by atoms with Crippen LogP contribution < -0.4 is 0 Å². The van der Waals surface area contributed by atoms with Crippen LogP contribution in [0.5, 0.6) is 0 Å². The maximum atomic E-state index is 13.6. The minimum atomic E-state index is -0.852. The average molecular weight is 387 g/mol. The van der Waals surface area contributed by atoms with E-state index in [9.17, 15) is 14.0 Å². The van der Waals surface area contributed by atoms with E-state index in [4.69, 9.17) is 5.11 Å². The molecule has 0 aromatic heterocycles. The Balaban J connectivity index is 2.00. The van der Waals surface area contributed by atoms with Gasteiger partial charge in [-0.1, -0.05) is 0 Å². The van der Waals surface area contributed by atoms with Gasteiger partial charge in [-0.2, -0.15) is 0 Å². The number of carbonyl (C=O) groups is 2. The number of rotatable bonds is 4. The van der Waals surface area contributed by atoms with E-state index in [1.807, 2.05) is 4.90 Å². The van der Waals surface area contributed by atoms with Crippen LogP contribution >= 0.6 is 15.9 Å². The van der Waals surface area contributed by atoms with E-state index >= 15 is 0 Å². The first kappa shape index (κ1) is 17.9. The summed E-state index contributed by atoms with van der Waals surface area (Å²) >= 11 is 3.08. The predicted molar refractivity (Wildman–Crippen MR) is 87.9 cm³/mol. The van der Waals surface area contributed by atoms with Crippen molar-refractivity contribution in [3.05, 3.63) is 34.1 Å². The van der Waals surface area contributed by atoms with E-state index in [1.54, 1.807) is 18.0 Å². The van der Waals surface area contributed by atoms with Crippen LogP contribution in [0.3, 0.4) is 0 Å². The first-order valence-corrected chi connectivity index (χ1v) is 8.34. The fourth-order valence-corrected chi connectivity index (χ4v) is 3.12. The number of aliphatic carboxylic acids is 1. The molecule has 0 saturated carbocycles. The molecule has 23 heavy (non-hydrogen) atoms. The van der Waals surface area contributed by atoms with Gasteiger partial charge in [0.1, 0.15) is 5.82 Å². The Morgan fingerprint density at radius 3 is 2.78 bits per heavy atom. The van der Waals surface area contributed by atoms with Crippen LogP contribution in [0.2, 0.25) is 0 Å². The highest BCUT2D eigenvalue weighted by Crippen LogP contribution is 2.20. The fraction of sp³-hybridized carbons (Fsp3) is 0.500. The molecule has 1 atom stereocenters. The zero-order chi connectivity index (χ0) is 17.0. The molecule has 0 unspecified atom stereocenters. The monoisotopic (exact) mass is 386 g/mol. The molecule has 0 aliphatic carbocycles. The van der Waals surface area contributed by atoms with Crippen LogP contribution in [0.25, 0.3) is 0 Å². The molecule has 2 rings (SSSR count). The minimum Gasteiger partial charge on any atom is -0.480 e. The molecule has 7 heteroatoms. The summed E-state index contributed by atoms with van der Waals surface area (Å²) < 4.78 is 13.9. The Kier molecular flexibility index (Phi) is 6.12. The Labute approximate surface area is 143 Å². The molecule has 1 aliphatic rings. The van der Waals surface area contributed by atoms with Crippen LogP contribution in [0.15, 0.2) is 22.7 Å². The summed E-state index contributed by atoms with van der Waals surface area (Å²) in [5.74, 6) is -1.49. The number of amides is 1. The standard InChI is InChI=1S/C16H20BrFN2O3/c1-19(10-15(21)22)12-3-2-7-20(8-6-12)16(23)11-4-5-13(17)14(18)9-11/h4-5,9,12H,2-3,6-8,10H2,1H3,(H,21,22)/t12-/m0/s1. The summed E-state index contributed by atoms with van der Waals surface area (Å²) in [6.07, 6.45) is 2.37. The van der Waals surface area contributed by atoms with Crippen molar-refractivity contribution in [2.45, 2.75) is 25.3 Å². The third-order valence-electron chi connectivity index (χ3n) is 4.16. The third kappa shape index (κ3) is 4.75. The summed E-state index contributed by atoms with van der Waals surface area (Å²) in [6.45, 7) is 1.15. The molecule has 1 amide bonds. The normalized spacial score (nSPS) is 18.8. The second-order valence-corrected chi connectivity index (χ2v) is 6.67. The lowest BCUT2D eigenvalue weighted by molar-refractivity contribution is -0.138. The first-order chi connectivity index (χ1) is 10.9. The van der Waals surface area contributed by atoms with E-state index < -0.39 is 11.8 Å². The van der Waals surface area contributed by atoms with Crippen molar-refractivity contribution in [2.75, 3.05) is 26.7 Å². The van der Waals surface area contributed by atoms with E-state index in [0.717, 1.165) is 12.8 Å².